The highest BCUT2D eigenvalue weighted by Gasteiger charge is 2.35. The van der Waals surface area contributed by atoms with Gasteiger partial charge in [0.05, 0.1) is 21.3 Å². The van der Waals surface area contributed by atoms with E-state index in [-0.39, 0.29) is 40.8 Å². The zero-order chi connectivity index (χ0) is 37.3. The average molecular weight is 811 g/mol. The van der Waals surface area contributed by atoms with Crippen LogP contribution in [0.1, 0.15) is 35.2 Å². The van der Waals surface area contributed by atoms with Crippen LogP contribution in [0.15, 0.2) is 143 Å². The van der Waals surface area contributed by atoms with Crippen molar-refractivity contribution in [3.8, 4) is 17.2 Å². The number of carbonyl (C=O) groups is 3. The summed E-state index contributed by atoms with van der Waals surface area (Å²) in [6.45, 7) is 5.87. The maximum absolute atomic E-state index is 14.1. The first-order valence-corrected chi connectivity index (χ1v) is 18.6. The number of fused-ring (bicyclic) bond motifs is 1. The van der Waals surface area contributed by atoms with Crippen LogP contribution in [0.5, 0.6) is 17.2 Å². The molecule has 2 aliphatic heterocycles. The Morgan fingerprint density at radius 3 is 2.40 bits per heavy atom. The summed E-state index contributed by atoms with van der Waals surface area (Å²) in [5.41, 5.74) is 3.40. The van der Waals surface area contributed by atoms with Gasteiger partial charge in [-0.15, -0.1) is 0 Å². The normalized spacial score (nSPS) is 14.9. The Bertz CT molecular complexity index is 2110. The van der Waals surface area contributed by atoms with Crippen molar-refractivity contribution in [3.63, 3.8) is 0 Å². The van der Waals surface area contributed by atoms with E-state index in [2.05, 4.69) is 32.8 Å². The Morgan fingerprint density at radius 2 is 1.74 bits per heavy atom. The van der Waals surface area contributed by atoms with Gasteiger partial charge in [0, 0.05) is 5.70 Å². The van der Waals surface area contributed by atoms with Crippen molar-refractivity contribution in [1.82, 2.24) is 10.2 Å². The number of benzene rings is 4. The lowest BCUT2D eigenvalue weighted by Gasteiger charge is -2.28. The number of aliphatic imine (C=N–C) groups is 1. The van der Waals surface area contributed by atoms with E-state index < -0.39 is 17.9 Å². The molecule has 0 saturated carbocycles. The molecule has 4 aromatic carbocycles. The molecule has 1 N–H and O–H groups in total. The number of ether oxygens (including phenoxy) is 3. The van der Waals surface area contributed by atoms with Gasteiger partial charge in [-0.3, -0.25) is 19.3 Å². The number of nitrogens with zero attached hydrogens (tertiary/aromatic N) is 2. The summed E-state index contributed by atoms with van der Waals surface area (Å²) in [4.78, 5) is 46.7. The monoisotopic (exact) mass is 809 g/mol. The van der Waals surface area contributed by atoms with Crippen LogP contribution in [-0.4, -0.2) is 40.3 Å². The molecule has 4 aromatic rings. The van der Waals surface area contributed by atoms with Crippen LogP contribution in [0.2, 0.25) is 5.02 Å². The van der Waals surface area contributed by atoms with Gasteiger partial charge in [0.25, 0.3) is 11.8 Å². The fraction of sp³-hybridized carbons (Fsp3) is 0.122. The molecule has 0 unspecified atom stereocenters. The predicted octanol–water partition coefficient (Wildman–Crippen LogP) is 8.80. The third kappa shape index (κ3) is 9.00. The Balaban J connectivity index is 1.22. The van der Waals surface area contributed by atoms with E-state index in [4.69, 9.17) is 25.8 Å². The van der Waals surface area contributed by atoms with Crippen molar-refractivity contribution in [2.45, 2.75) is 19.6 Å². The van der Waals surface area contributed by atoms with Gasteiger partial charge in [0.15, 0.2) is 22.4 Å². The number of carbonyl (C=O) groups excluding carboxylic acids is 3. The lowest BCUT2D eigenvalue weighted by atomic mass is 9.99. The van der Waals surface area contributed by atoms with E-state index in [1.54, 1.807) is 43.4 Å². The second-order valence-corrected chi connectivity index (χ2v) is 13.8. The van der Waals surface area contributed by atoms with Crippen molar-refractivity contribution in [2.75, 3.05) is 12.5 Å². The van der Waals surface area contributed by atoms with Crippen LogP contribution in [0.25, 0.3) is 6.08 Å². The van der Waals surface area contributed by atoms with E-state index in [0.717, 1.165) is 28.5 Å². The average Bonchev–Trinajstić information content (AvgIpc) is 3.64. The molecule has 0 aliphatic carbocycles. The molecular formula is C41H33BrClN3O6S. The zero-order valence-corrected chi connectivity index (χ0v) is 31.6. The number of halogens is 2. The number of allylic oxidation sites excluding steroid dienone is 4. The molecule has 0 fully saturated rings. The third-order valence-corrected chi connectivity index (χ3v) is 9.87. The molecule has 0 radical (unpaired) electrons. The fourth-order valence-electron chi connectivity index (χ4n) is 5.55. The maximum Gasteiger partial charge on any atom is 0.285 e. The second kappa shape index (κ2) is 17.4. The van der Waals surface area contributed by atoms with Crippen molar-refractivity contribution in [1.29, 1.82) is 0 Å². The van der Waals surface area contributed by atoms with Gasteiger partial charge in [-0.25, -0.2) is 0 Å². The lowest BCUT2D eigenvalue weighted by molar-refractivity contribution is -0.126. The molecule has 53 heavy (non-hydrogen) atoms. The fourth-order valence-corrected chi connectivity index (χ4v) is 7.34. The Hall–Kier alpha value is -5.36. The molecular weight excluding hydrogens is 778 g/mol. The third-order valence-electron chi connectivity index (χ3n) is 8.06. The molecule has 0 atom stereocenters. The van der Waals surface area contributed by atoms with Crippen LogP contribution in [-0.2, 0) is 21.0 Å². The molecule has 12 heteroatoms. The van der Waals surface area contributed by atoms with Crippen LogP contribution >= 0.6 is 39.3 Å². The minimum absolute atomic E-state index is 0.0663. The largest absolute Gasteiger partial charge is 0.486 e. The minimum Gasteiger partial charge on any atom is -0.486 e. The number of rotatable bonds is 12. The number of thioether (sulfide) groups is 1. The smallest absolute Gasteiger partial charge is 0.285 e. The van der Waals surface area contributed by atoms with E-state index in [9.17, 15) is 14.4 Å². The topological polar surface area (TPSA) is 107 Å². The van der Waals surface area contributed by atoms with Gasteiger partial charge in [-0.05, 0) is 81.5 Å². The Morgan fingerprint density at radius 1 is 1.04 bits per heavy atom. The zero-order valence-electron chi connectivity index (χ0n) is 28.5. The highest BCUT2D eigenvalue weighted by molar-refractivity contribution is 9.10. The van der Waals surface area contributed by atoms with Gasteiger partial charge < -0.3 is 19.5 Å². The molecule has 0 spiro atoms. The van der Waals surface area contributed by atoms with Gasteiger partial charge in [-0.1, -0.05) is 115 Å². The van der Waals surface area contributed by atoms with Gasteiger partial charge in [0.2, 0.25) is 12.7 Å². The summed E-state index contributed by atoms with van der Waals surface area (Å²) >= 11 is 11.2. The molecule has 2 aliphatic rings. The number of amidine groups is 1. The predicted molar refractivity (Wildman–Crippen MR) is 212 cm³/mol. The van der Waals surface area contributed by atoms with Crippen LogP contribution in [0.4, 0.5) is 0 Å². The highest BCUT2D eigenvalue weighted by Crippen LogP contribution is 2.38. The first kappa shape index (κ1) is 37.4. The van der Waals surface area contributed by atoms with Crippen LogP contribution in [0.3, 0.4) is 0 Å². The molecule has 0 bridgehead atoms. The molecule has 0 saturated heterocycles. The summed E-state index contributed by atoms with van der Waals surface area (Å²) in [7, 11) is 0. The van der Waals surface area contributed by atoms with E-state index in [1.165, 1.54) is 11.0 Å². The van der Waals surface area contributed by atoms with Crippen molar-refractivity contribution in [3.05, 3.63) is 165 Å². The van der Waals surface area contributed by atoms with E-state index in [1.807, 2.05) is 78.9 Å². The quantitative estimate of drug-likeness (QED) is 0.0867. The van der Waals surface area contributed by atoms with Crippen LogP contribution < -0.4 is 19.5 Å². The Kier molecular flexibility index (Phi) is 12.3. The van der Waals surface area contributed by atoms with Crippen molar-refractivity contribution < 1.29 is 28.6 Å². The maximum atomic E-state index is 14.1. The van der Waals surface area contributed by atoms with Crippen molar-refractivity contribution in [2.24, 2.45) is 4.99 Å². The van der Waals surface area contributed by atoms with Gasteiger partial charge in [-0.2, -0.15) is 4.99 Å². The molecule has 2 heterocycles. The lowest BCUT2D eigenvalue weighted by Crippen LogP contribution is -2.42. The summed E-state index contributed by atoms with van der Waals surface area (Å²) < 4.78 is 17.4. The minimum atomic E-state index is -0.751. The number of hydrogen-bond acceptors (Lipinski definition) is 7. The van der Waals surface area contributed by atoms with E-state index >= 15 is 0 Å². The summed E-state index contributed by atoms with van der Waals surface area (Å²) in [6.07, 6.45) is 8.06. The number of amides is 3. The summed E-state index contributed by atoms with van der Waals surface area (Å²) in [6, 6.07) is 27.7. The Labute approximate surface area is 324 Å². The molecule has 0 aromatic heterocycles. The van der Waals surface area contributed by atoms with Crippen molar-refractivity contribution >= 4 is 68.3 Å². The molecule has 3 amide bonds. The number of nitrogens with one attached hydrogen (secondary N) is 1. The molecule has 268 valence electrons. The SMILES string of the molecule is C=C/C=C\C(=C/C)N1C(=O)/C(=C/c2cc(Cl)c(OCc3ccc4c(c3)OCO4)c(Br)c2)C(=O)N=C1SCC(=O)NC(c1ccccc1)c1ccccc1. The first-order valence-electron chi connectivity index (χ1n) is 16.4. The second-order valence-electron chi connectivity index (χ2n) is 11.6. The molecule has 6 rings (SSSR count). The number of hydrogen-bond donors (Lipinski definition) is 1. The van der Waals surface area contributed by atoms with E-state index in [0.29, 0.717) is 33.0 Å². The van der Waals surface area contributed by atoms with Crippen LogP contribution in [0, 0.1) is 0 Å². The standard InChI is InChI=1S/C41H33BrClN3O6S/c1-3-5-16-30(4-2)46-40(49)31(19-27-20-32(42)38(33(43)21-27)50-23-26-17-18-34-35(22-26)52-25-51-34)39(48)45-41(46)53-24-36(47)44-37(28-12-8-6-9-13-28)29-14-10-7-11-15-29/h3-22,37H,1,23-25H2,2H3,(H,44,47)/b16-5-,30-4+,31-19+. The van der Waals surface area contributed by atoms with Gasteiger partial charge >= 0.3 is 0 Å². The van der Waals surface area contributed by atoms with Gasteiger partial charge in [0.1, 0.15) is 12.2 Å². The highest BCUT2D eigenvalue weighted by atomic mass is 79.9. The summed E-state index contributed by atoms with van der Waals surface area (Å²) in [5.74, 6) is -0.0789. The first-order chi connectivity index (χ1) is 25.7. The summed E-state index contributed by atoms with van der Waals surface area (Å²) in [5, 5.41) is 3.42. The molecule has 9 nitrogen and oxygen atoms in total.